The molecular weight excluding hydrogens is 322 g/mol. The predicted octanol–water partition coefficient (Wildman–Crippen LogP) is 3.10. The van der Waals surface area contributed by atoms with Crippen LogP contribution in [-0.4, -0.2) is 32.8 Å². The number of sulfone groups is 1. The van der Waals surface area contributed by atoms with Gasteiger partial charge >= 0.3 is 0 Å². The standard InChI is InChI=1S/C18H17N3O2S/c1-2-24(22,23)13-6-3-5-12(11-13)14-7-4-8-15-16(14)17-18(21-15)20-10-9-19-17/h3-11,17-18,21H,2H2,1H3. The van der Waals surface area contributed by atoms with Gasteiger partial charge in [-0.3, -0.25) is 9.98 Å². The zero-order valence-corrected chi connectivity index (χ0v) is 14.0. The smallest absolute Gasteiger partial charge is 0.178 e. The van der Waals surface area contributed by atoms with Crippen molar-refractivity contribution in [1.29, 1.82) is 0 Å². The molecule has 1 N–H and O–H groups in total. The molecule has 0 saturated carbocycles. The molecule has 0 aliphatic carbocycles. The first-order chi connectivity index (χ1) is 11.6. The van der Waals surface area contributed by atoms with Gasteiger partial charge in [-0.05, 0) is 29.3 Å². The van der Waals surface area contributed by atoms with Crippen molar-refractivity contribution >= 4 is 28.0 Å². The molecule has 2 unspecified atom stereocenters. The van der Waals surface area contributed by atoms with Crippen LogP contribution in [0.4, 0.5) is 5.69 Å². The summed E-state index contributed by atoms with van der Waals surface area (Å²) in [5, 5.41) is 3.37. The van der Waals surface area contributed by atoms with Gasteiger partial charge in [0.15, 0.2) is 9.84 Å². The van der Waals surface area contributed by atoms with Gasteiger partial charge in [0.05, 0.1) is 10.6 Å². The Balaban J connectivity index is 1.86. The molecule has 6 heteroatoms. The number of hydrogen-bond acceptors (Lipinski definition) is 5. The van der Waals surface area contributed by atoms with Crippen LogP contribution in [0, 0.1) is 0 Å². The van der Waals surface area contributed by atoms with Crippen LogP contribution in [0.5, 0.6) is 0 Å². The molecule has 2 heterocycles. The molecular formula is C18H17N3O2S. The molecule has 2 aromatic rings. The van der Waals surface area contributed by atoms with Gasteiger partial charge in [0.1, 0.15) is 12.2 Å². The molecule has 0 amide bonds. The molecule has 2 aliphatic rings. The van der Waals surface area contributed by atoms with E-state index in [2.05, 4.69) is 15.3 Å². The van der Waals surface area contributed by atoms with Crippen LogP contribution in [0.2, 0.25) is 0 Å². The van der Waals surface area contributed by atoms with Gasteiger partial charge in [-0.15, -0.1) is 0 Å². The van der Waals surface area contributed by atoms with E-state index in [0.29, 0.717) is 4.90 Å². The number of nitrogens with zero attached hydrogens (tertiary/aromatic N) is 2. The van der Waals surface area contributed by atoms with Crippen molar-refractivity contribution in [3.63, 3.8) is 0 Å². The van der Waals surface area contributed by atoms with Crippen molar-refractivity contribution in [2.75, 3.05) is 11.1 Å². The molecule has 0 radical (unpaired) electrons. The van der Waals surface area contributed by atoms with E-state index >= 15 is 0 Å². The topological polar surface area (TPSA) is 70.9 Å². The maximum atomic E-state index is 12.2. The molecule has 5 nitrogen and oxygen atoms in total. The number of nitrogens with one attached hydrogen (secondary N) is 1. The number of hydrogen-bond donors (Lipinski definition) is 1. The van der Waals surface area contributed by atoms with Crippen molar-refractivity contribution in [3.05, 3.63) is 48.0 Å². The SMILES string of the molecule is CCS(=O)(=O)c1cccc(-c2cccc3c2C2N=CC=NC2N3)c1. The number of anilines is 1. The normalized spacial score (nSPS) is 21.2. The van der Waals surface area contributed by atoms with E-state index in [4.69, 9.17) is 0 Å². The van der Waals surface area contributed by atoms with E-state index in [1.165, 1.54) is 0 Å². The van der Waals surface area contributed by atoms with Gasteiger partial charge in [-0.25, -0.2) is 8.42 Å². The molecule has 0 spiro atoms. The van der Waals surface area contributed by atoms with Gasteiger partial charge in [0.2, 0.25) is 0 Å². The lowest BCUT2D eigenvalue weighted by Crippen LogP contribution is -2.19. The third-order valence-corrected chi connectivity index (χ3v) is 6.18. The Kier molecular flexibility index (Phi) is 3.49. The zero-order valence-electron chi connectivity index (χ0n) is 13.2. The maximum Gasteiger partial charge on any atom is 0.178 e. The molecule has 2 atom stereocenters. The van der Waals surface area contributed by atoms with Gasteiger partial charge in [0, 0.05) is 23.7 Å². The van der Waals surface area contributed by atoms with E-state index in [9.17, 15) is 8.42 Å². The Morgan fingerprint density at radius 1 is 1.08 bits per heavy atom. The van der Waals surface area contributed by atoms with Crippen LogP contribution in [0.1, 0.15) is 18.5 Å². The molecule has 0 saturated heterocycles. The van der Waals surface area contributed by atoms with Crippen molar-refractivity contribution < 1.29 is 8.42 Å². The molecule has 0 bridgehead atoms. The van der Waals surface area contributed by atoms with Gasteiger partial charge in [0.25, 0.3) is 0 Å². The second kappa shape index (κ2) is 5.56. The van der Waals surface area contributed by atoms with Gasteiger partial charge in [-0.1, -0.05) is 31.2 Å². The molecule has 0 aromatic heterocycles. The fraction of sp³-hybridized carbons (Fsp3) is 0.222. The summed E-state index contributed by atoms with van der Waals surface area (Å²) in [4.78, 5) is 9.34. The van der Waals surface area contributed by atoms with E-state index in [0.717, 1.165) is 22.4 Å². The Morgan fingerprint density at radius 2 is 1.88 bits per heavy atom. The highest BCUT2D eigenvalue weighted by Gasteiger charge is 2.34. The minimum absolute atomic E-state index is 0.0763. The molecule has 0 fully saturated rings. The third kappa shape index (κ3) is 2.34. The van der Waals surface area contributed by atoms with E-state index in [1.807, 2.05) is 24.3 Å². The molecule has 122 valence electrons. The lowest BCUT2D eigenvalue weighted by molar-refractivity contribution is 0.597. The summed E-state index contributed by atoms with van der Waals surface area (Å²) in [5.74, 6) is 0.0919. The first-order valence-corrected chi connectivity index (χ1v) is 9.53. The van der Waals surface area contributed by atoms with E-state index in [-0.39, 0.29) is 18.0 Å². The van der Waals surface area contributed by atoms with Crippen molar-refractivity contribution in [1.82, 2.24) is 0 Å². The quantitative estimate of drug-likeness (QED) is 0.934. The largest absolute Gasteiger partial charge is 0.361 e. The van der Waals surface area contributed by atoms with Crippen molar-refractivity contribution in [3.8, 4) is 11.1 Å². The van der Waals surface area contributed by atoms with Crippen molar-refractivity contribution in [2.45, 2.75) is 24.0 Å². The Hall–Kier alpha value is -2.47. The maximum absolute atomic E-state index is 12.2. The fourth-order valence-corrected chi connectivity index (χ4v) is 4.14. The summed E-state index contributed by atoms with van der Waals surface area (Å²) in [6.45, 7) is 1.66. The Morgan fingerprint density at radius 3 is 2.71 bits per heavy atom. The lowest BCUT2D eigenvalue weighted by Gasteiger charge is -2.16. The molecule has 4 rings (SSSR count). The summed E-state index contributed by atoms with van der Waals surface area (Å²) >= 11 is 0. The molecule has 2 aromatic carbocycles. The zero-order chi connectivity index (χ0) is 16.7. The summed E-state index contributed by atoms with van der Waals surface area (Å²) in [6, 6.07) is 13.0. The second-order valence-electron chi connectivity index (χ2n) is 5.83. The average molecular weight is 339 g/mol. The first kappa shape index (κ1) is 15.1. The second-order valence-corrected chi connectivity index (χ2v) is 8.11. The Bertz CT molecular complexity index is 964. The molecule has 2 aliphatic heterocycles. The van der Waals surface area contributed by atoms with Crippen LogP contribution in [-0.2, 0) is 9.84 Å². The van der Waals surface area contributed by atoms with Crippen LogP contribution < -0.4 is 5.32 Å². The minimum atomic E-state index is -3.23. The average Bonchev–Trinajstić information content (AvgIpc) is 3.00. The van der Waals surface area contributed by atoms with E-state index in [1.54, 1.807) is 37.6 Å². The minimum Gasteiger partial charge on any atom is -0.361 e. The van der Waals surface area contributed by atoms with Gasteiger partial charge in [-0.2, -0.15) is 0 Å². The predicted molar refractivity (Wildman–Crippen MR) is 96.7 cm³/mol. The molecule has 24 heavy (non-hydrogen) atoms. The lowest BCUT2D eigenvalue weighted by atomic mass is 9.95. The first-order valence-electron chi connectivity index (χ1n) is 7.88. The highest BCUT2D eigenvalue weighted by Crippen LogP contribution is 2.44. The summed E-state index contributed by atoms with van der Waals surface area (Å²) in [7, 11) is -3.23. The highest BCUT2D eigenvalue weighted by molar-refractivity contribution is 7.91. The highest BCUT2D eigenvalue weighted by atomic mass is 32.2. The number of fused-ring (bicyclic) bond motifs is 3. The number of rotatable bonds is 3. The van der Waals surface area contributed by atoms with Crippen LogP contribution >= 0.6 is 0 Å². The van der Waals surface area contributed by atoms with Crippen LogP contribution in [0.3, 0.4) is 0 Å². The van der Waals surface area contributed by atoms with Crippen molar-refractivity contribution in [2.24, 2.45) is 9.98 Å². The van der Waals surface area contributed by atoms with Gasteiger partial charge < -0.3 is 5.32 Å². The van der Waals surface area contributed by atoms with Crippen LogP contribution in [0.15, 0.2) is 57.3 Å². The Labute approximate surface area is 141 Å². The van der Waals surface area contributed by atoms with Crippen LogP contribution in [0.25, 0.3) is 11.1 Å². The number of aliphatic imine (C=N–C) groups is 2. The monoisotopic (exact) mass is 339 g/mol. The summed E-state index contributed by atoms with van der Waals surface area (Å²) in [6.07, 6.45) is 3.33. The van der Waals surface area contributed by atoms with E-state index < -0.39 is 9.84 Å². The fourth-order valence-electron chi connectivity index (χ4n) is 3.22. The summed E-state index contributed by atoms with van der Waals surface area (Å²) in [5.41, 5.74) is 3.95. The summed E-state index contributed by atoms with van der Waals surface area (Å²) < 4.78 is 24.4. The third-order valence-electron chi connectivity index (χ3n) is 4.45. The number of benzene rings is 2.